The Bertz CT molecular complexity index is 401. The molecule has 1 aromatic heterocycles. The first-order valence-electron chi connectivity index (χ1n) is 6.51. The van der Waals surface area contributed by atoms with Gasteiger partial charge in [0.05, 0.1) is 6.61 Å². The first-order valence-corrected chi connectivity index (χ1v) is 7.39. The standard InChI is InChI=1S/C14H21NO3S/c1-4-18-14(17)12(9-11-6-5-7-19-11)15-13(16)8-10(2)3/h5-7,10,12H,4,8-9H2,1-3H3,(H,15,16). The molecule has 0 aliphatic rings. The number of rotatable bonds is 7. The molecule has 1 atom stereocenters. The van der Waals surface area contributed by atoms with Crippen LogP contribution in [-0.4, -0.2) is 24.5 Å². The van der Waals surface area contributed by atoms with E-state index >= 15 is 0 Å². The Morgan fingerprint density at radius 3 is 2.68 bits per heavy atom. The summed E-state index contributed by atoms with van der Waals surface area (Å²) in [4.78, 5) is 24.7. The monoisotopic (exact) mass is 283 g/mol. The first-order chi connectivity index (χ1) is 9.02. The van der Waals surface area contributed by atoms with Gasteiger partial charge in [-0.3, -0.25) is 4.79 Å². The summed E-state index contributed by atoms with van der Waals surface area (Å²) >= 11 is 1.57. The number of hydrogen-bond donors (Lipinski definition) is 1. The van der Waals surface area contributed by atoms with Crippen LogP contribution in [0, 0.1) is 5.92 Å². The van der Waals surface area contributed by atoms with Crippen LogP contribution in [0.4, 0.5) is 0 Å². The van der Waals surface area contributed by atoms with Gasteiger partial charge in [-0.15, -0.1) is 11.3 Å². The largest absolute Gasteiger partial charge is 0.464 e. The van der Waals surface area contributed by atoms with Crippen LogP contribution in [0.2, 0.25) is 0 Å². The minimum absolute atomic E-state index is 0.107. The lowest BCUT2D eigenvalue weighted by Crippen LogP contribution is -2.43. The van der Waals surface area contributed by atoms with Gasteiger partial charge in [-0.1, -0.05) is 19.9 Å². The van der Waals surface area contributed by atoms with Gasteiger partial charge in [0.2, 0.25) is 5.91 Å². The highest BCUT2D eigenvalue weighted by Gasteiger charge is 2.23. The molecule has 1 amide bonds. The van der Waals surface area contributed by atoms with Crippen molar-refractivity contribution in [2.24, 2.45) is 5.92 Å². The zero-order valence-electron chi connectivity index (χ0n) is 11.6. The van der Waals surface area contributed by atoms with E-state index in [1.165, 1.54) is 0 Å². The van der Waals surface area contributed by atoms with Gasteiger partial charge in [0.25, 0.3) is 0 Å². The van der Waals surface area contributed by atoms with E-state index in [0.717, 1.165) is 4.88 Å². The van der Waals surface area contributed by atoms with Gasteiger partial charge in [-0.25, -0.2) is 4.79 Å². The Labute approximate surface area is 118 Å². The molecule has 0 aliphatic carbocycles. The van der Waals surface area contributed by atoms with Gasteiger partial charge in [0, 0.05) is 17.7 Å². The summed E-state index contributed by atoms with van der Waals surface area (Å²) in [6.07, 6.45) is 0.903. The summed E-state index contributed by atoms with van der Waals surface area (Å²) in [6, 6.07) is 3.29. The van der Waals surface area contributed by atoms with Crippen LogP contribution < -0.4 is 5.32 Å². The van der Waals surface area contributed by atoms with Crippen LogP contribution in [0.15, 0.2) is 17.5 Å². The van der Waals surface area contributed by atoms with Gasteiger partial charge in [0.1, 0.15) is 6.04 Å². The van der Waals surface area contributed by atoms with Crippen LogP contribution in [0.5, 0.6) is 0 Å². The van der Waals surface area contributed by atoms with Crippen molar-refractivity contribution in [2.75, 3.05) is 6.61 Å². The molecular weight excluding hydrogens is 262 g/mol. The lowest BCUT2D eigenvalue weighted by atomic mass is 10.1. The van der Waals surface area contributed by atoms with Crippen LogP contribution >= 0.6 is 11.3 Å². The molecule has 0 spiro atoms. The van der Waals surface area contributed by atoms with E-state index in [9.17, 15) is 9.59 Å². The molecule has 1 unspecified atom stereocenters. The van der Waals surface area contributed by atoms with E-state index in [2.05, 4.69) is 5.32 Å². The minimum atomic E-state index is -0.593. The third-order valence-electron chi connectivity index (χ3n) is 2.49. The summed E-state index contributed by atoms with van der Waals surface area (Å²) in [6.45, 7) is 6.02. The third-order valence-corrected chi connectivity index (χ3v) is 3.38. The minimum Gasteiger partial charge on any atom is -0.464 e. The average Bonchev–Trinajstić information content (AvgIpc) is 2.80. The molecule has 1 aromatic rings. The smallest absolute Gasteiger partial charge is 0.329 e. The molecule has 0 aromatic carbocycles. The molecule has 1 heterocycles. The second-order valence-corrected chi connectivity index (χ2v) is 5.79. The number of nitrogens with one attached hydrogen (secondary N) is 1. The fourth-order valence-corrected chi connectivity index (χ4v) is 2.44. The molecule has 19 heavy (non-hydrogen) atoms. The number of thiophene rings is 1. The predicted octanol–water partition coefficient (Wildman–Crippen LogP) is 2.38. The van der Waals surface area contributed by atoms with Crippen LogP contribution in [-0.2, 0) is 20.7 Å². The normalized spacial score (nSPS) is 12.2. The van der Waals surface area contributed by atoms with E-state index in [1.54, 1.807) is 18.3 Å². The lowest BCUT2D eigenvalue weighted by molar-refractivity contribution is -0.147. The second kappa shape index (κ2) is 7.94. The molecule has 0 fully saturated rings. The number of hydrogen-bond acceptors (Lipinski definition) is 4. The highest BCUT2D eigenvalue weighted by atomic mass is 32.1. The molecule has 0 bridgehead atoms. The highest BCUT2D eigenvalue weighted by Crippen LogP contribution is 2.12. The quantitative estimate of drug-likeness (QED) is 0.782. The summed E-state index contributed by atoms with van der Waals surface area (Å²) in [5, 5.41) is 4.72. The molecule has 0 aliphatic heterocycles. The maximum Gasteiger partial charge on any atom is 0.329 e. The van der Waals surface area contributed by atoms with E-state index in [0.29, 0.717) is 19.4 Å². The molecule has 4 nitrogen and oxygen atoms in total. The number of amides is 1. The Morgan fingerprint density at radius 1 is 1.42 bits per heavy atom. The lowest BCUT2D eigenvalue weighted by Gasteiger charge is -2.17. The van der Waals surface area contributed by atoms with Crippen molar-refractivity contribution in [3.8, 4) is 0 Å². The van der Waals surface area contributed by atoms with Crippen LogP contribution in [0.1, 0.15) is 32.1 Å². The molecule has 0 saturated carbocycles. The number of carbonyl (C=O) groups excluding carboxylic acids is 2. The maximum absolute atomic E-state index is 11.9. The second-order valence-electron chi connectivity index (χ2n) is 4.75. The molecule has 0 saturated heterocycles. The predicted molar refractivity (Wildman–Crippen MR) is 76.0 cm³/mol. The van der Waals surface area contributed by atoms with E-state index in [4.69, 9.17) is 4.74 Å². The van der Waals surface area contributed by atoms with Gasteiger partial charge in [-0.2, -0.15) is 0 Å². The Balaban J connectivity index is 2.63. The van der Waals surface area contributed by atoms with Gasteiger partial charge < -0.3 is 10.1 Å². The molecule has 106 valence electrons. The first kappa shape index (κ1) is 15.7. The SMILES string of the molecule is CCOC(=O)C(Cc1cccs1)NC(=O)CC(C)C. The Hall–Kier alpha value is -1.36. The van der Waals surface area contributed by atoms with Crippen LogP contribution in [0.3, 0.4) is 0 Å². The van der Waals surface area contributed by atoms with Crippen molar-refractivity contribution >= 4 is 23.2 Å². The van der Waals surface area contributed by atoms with Crippen molar-refractivity contribution in [3.05, 3.63) is 22.4 Å². The zero-order chi connectivity index (χ0) is 14.3. The Morgan fingerprint density at radius 2 is 2.16 bits per heavy atom. The topological polar surface area (TPSA) is 55.4 Å². The van der Waals surface area contributed by atoms with Gasteiger partial charge in [-0.05, 0) is 24.3 Å². The number of esters is 1. The van der Waals surface area contributed by atoms with Crippen molar-refractivity contribution in [1.29, 1.82) is 0 Å². The maximum atomic E-state index is 11.9. The van der Waals surface area contributed by atoms with E-state index in [1.807, 2.05) is 31.4 Å². The fraction of sp³-hybridized carbons (Fsp3) is 0.571. The zero-order valence-corrected chi connectivity index (χ0v) is 12.5. The molecule has 1 rings (SSSR count). The van der Waals surface area contributed by atoms with Crippen molar-refractivity contribution in [2.45, 2.75) is 39.7 Å². The summed E-state index contributed by atoms with van der Waals surface area (Å²) < 4.78 is 5.01. The number of carbonyl (C=O) groups is 2. The highest BCUT2D eigenvalue weighted by molar-refractivity contribution is 7.09. The van der Waals surface area contributed by atoms with E-state index in [-0.39, 0.29) is 17.8 Å². The summed E-state index contributed by atoms with van der Waals surface area (Å²) in [5.74, 6) is -0.206. The molecular formula is C14H21NO3S. The molecule has 1 N–H and O–H groups in total. The Kier molecular flexibility index (Phi) is 6.56. The molecule has 5 heteroatoms. The third kappa shape index (κ3) is 5.87. The van der Waals surface area contributed by atoms with Crippen LogP contribution in [0.25, 0.3) is 0 Å². The molecule has 0 radical (unpaired) electrons. The van der Waals surface area contributed by atoms with Crippen molar-refractivity contribution < 1.29 is 14.3 Å². The van der Waals surface area contributed by atoms with Crippen molar-refractivity contribution in [1.82, 2.24) is 5.32 Å². The van der Waals surface area contributed by atoms with Gasteiger partial charge in [0.15, 0.2) is 0 Å². The average molecular weight is 283 g/mol. The summed E-state index contributed by atoms with van der Waals surface area (Å²) in [5.41, 5.74) is 0. The van der Waals surface area contributed by atoms with E-state index < -0.39 is 6.04 Å². The fourth-order valence-electron chi connectivity index (χ4n) is 1.69. The van der Waals surface area contributed by atoms with Gasteiger partial charge >= 0.3 is 5.97 Å². The number of ether oxygens (including phenoxy) is 1. The summed E-state index contributed by atoms with van der Waals surface area (Å²) in [7, 11) is 0. The van der Waals surface area contributed by atoms with Crippen molar-refractivity contribution in [3.63, 3.8) is 0 Å².